The Hall–Kier alpha value is -0.570. The van der Waals surface area contributed by atoms with E-state index in [-0.39, 0.29) is 37.8 Å². The monoisotopic (exact) mass is 432 g/mol. The highest BCUT2D eigenvalue weighted by molar-refractivity contribution is 7.75. The van der Waals surface area contributed by atoms with Gasteiger partial charge < -0.3 is 32.8 Å². The van der Waals surface area contributed by atoms with E-state index in [9.17, 15) is 0 Å². The smallest absolute Gasteiger partial charge is 0.161 e. The predicted octanol–water partition coefficient (Wildman–Crippen LogP) is 0.281. The van der Waals surface area contributed by atoms with Crippen LogP contribution in [0, 0.1) is 0 Å². The summed E-state index contributed by atoms with van der Waals surface area (Å²) in [7, 11) is 0.622. The molecule has 0 amide bonds. The van der Waals surface area contributed by atoms with Crippen molar-refractivity contribution in [3.63, 3.8) is 0 Å². The normalized spacial score (nSPS) is 10.7. The molecule has 2 aromatic carbocycles. The van der Waals surface area contributed by atoms with Crippen molar-refractivity contribution in [2.75, 3.05) is 31.6 Å². The van der Waals surface area contributed by atoms with Crippen molar-refractivity contribution in [3.05, 3.63) is 71.8 Å². The van der Waals surface area contributed by atoms with E-state index in [0.717, 1.165) is 0 Å². The van der Waals surface area contributed by atoms with E-state index < -0.39 is 7.26 Å². The maximum atomic E-state index is 8.55. The minimum absolute atomic E-state index is 0. The number of benzene rings is 2. The molecule has 0 saturated carbocycles. The van der Waals surface area contributed by atoms with Gasteiger partial charge in [-0.1, -0.05) is 60.7 Å². The van der Waals surface area contributed by atoms with Gasteiger partial charge in [0.15, 0.2) is 25.4 Å². The Morgan fingerprint density at radius 3 is 1.33 bits per heavy atom. The maximum absolute atomic E-state index is 8.55. The fourth-order valence-electron chi connectivity index (χ4n) is 2.49. The van der Waals surface area contributed by atoms with Crippen molar-refractivity contribution in [1.82, 2.24) is 0 Å². The fraction of sp³-hybridized carbons (Fsp3) is 0.400. The van der Waals surface area contributed by atoms with Gasteiger partial charge in [-0.15, -0.1) is 9.24 Å². The molecule has 2 rings (SSSR count). The molecular formula is C20H31ClO4P2. The zero-order chi connectivity index (χ0) is 19.3. The van der Waals surface area contributed by atoms with E-state index in [0.29, 0.717) is 5.92 Å². The standard InChI is InChI=1S/C16H19P.C4H12O4P.ClH/c17-13-7-12-16(14-8-3-1-4-9-14)15-10-5-2-6-11-15;5-1-9(2-6,3-7)4-8;/h1-6,8-11,16H,7,12-13,17H2;5-8H,1-4H2;1H/q;+1;/p-1. The van der Waals surface area contributed by atoms with E-state index in [1.54, 1.807) is 0 Å². The molecule has 4 N–H and O–H groups in total. The Labute approximate surface area is 171 Å². The minimum atomic E-state index is -2.20. The molecule has 1 unspecified atom stereocenters. The second-order valence-corrected chi connectivity index (χ2v) is 10.6. The topological polar surface area (TPSA) is 80.9 Å². The highest BCUT2D eigenvalue weighted by atomic mass is 35.5. The number of aliphatic hydroxyl groups is 4. The summed E-state index contributed by atoms with van der Waals surface area (Å²) in [5, 5.41) is 34.2. The molecule has 27 heavy (non-hydrogen) atoms. The van der Waals surface area contributed by atoms with Crippen LogP contribution in [0.25, 0.3) is 0 Å². The third kappa shape index (κ3) is 8.98. The molecule has 0 heterocycles. The molecule has 0 aliphatic rings. The molecule has 0 radical (unpaired) electrons. The molecule has 0 aliphatic carbocycles. The third-order valence-electron chi connectivity index (χ3n) is 4.30. The fourth-order valence-corrected chi connectivity index (χ4v) is 3.26. The Morgan fingerprint density at radius 1 is 0.704 bits per heavy atom. The van der Waals surface area contributed by atoms with Crippen LogP contribution in [0.3, 0.4) is 0 Å². The van der Waals surface area contributed by atoms with Crippen molar-refractivity contribution in [3.8, 4) is 0 Å². The summed E-state index contributed by atoms with van der Waals surface area (Å²) in [5.74, 6) is 0.540. The molecule has 2 aromatic rings. The van der Waals surface area contributed by atoms with Gasteiger partial charge in [0, 0.05) is 5.92 Å². The molecule has 0 aromatic heterocycles. The molecule has 152 valence electrons. The molecule has 4 nitrogen and oxygen atoms in total. The molecule has 0 aliphatic heterocycles. The summed E-state index contributed by atoms with van der Waals surface area (Å²) < 4.78 is 0. The quantitative estimate of drug-likeness (QED) is 0.429. The first-order valence-corrected chi connectivity index (χ1v) is 12.1. The van der Waals surface area contributed by atoms with Crippen molar-refractivity contribution in [2.24, 2.45) is 0 Å². The van der Waals surface area contributed by atoms with Gasteiger partial charge in [-0.25, -0.2) is 0 Å². The first kappa shape index (κ1) is 26.4. The second-order valence-electron chi connectivity index (χ2n) is 6.21. The number of hydrogen-bond acceptors (Lipinski definition) is 4. The highest BCUT2D eigenvalue weighted by Gasteiger charge is 2.34. The number of rotatable bonds is 9. The van der Waals surface area contributed by atoms with Crippen LogP contribution in [0.15, 0.2) is 60.7 Å². The van der Waals surface area contributed by atoms with E-state index in [1.165, 1.54) is 30.1 Å². The van der Waals surface area contributed by atoms with Crippen LogP contribution >= 0.6 is 16.5 Å². The van der Waals surface area contributed by atoms with Crippen LogP contribution < -0.4 is 12.4 Å². The van der Waals surface area contributed by atoms with Crippen molar-refractivity contribution in [1.29, 1.82) is 0 Å². The summed E-state index contributed by atoms with van der Waals surface area (Å²) in [5.41, 5.74) is 2.86. The zero-order valence-electron chi connectivity index (χ0n) is 15.5. The van der Waals surface area contributed by atoms with Crippen LogP contribution in [-0.4, -0.2) is 52.0 Å². The summed E-state index contributed by atoms with van der Waals surface area (Å²) in [6.45, 7) is 0. The summed E-state index contributed by atoms with van der Waals surface area (Å²) in [6, 6.07) is 21.6. The van der Waals surface area contributed by atoms with Crippen LogP contribution in [0.5, 0.6) is 0 Å². The van der Waals surface area contributed by atoms with Gasteiger partial charge in [-0.3, -0.25) is 0 Å². The number of aliphatic hydroxyl groups excluding tert-OH is 4. The average Bonchev–Trinajstić information content (AvgIpc) is 2.73. The average molecular weight is 433 g/mol. The summed E-state index contributed by atoms with van der Waals surface area (Å²) >= 11 is 0. The van der Waals surface area contributed by atoms with Crippen molar-refractivity contribution >= 4 is 16.5 Å². The molecular weight excluding hydrogens is 402 g/mol. The summed E-state index contributed by atoms with van der Waals surface area (Å²) in [4.78, 5) is 0. The Balaban J connectivity index is 0.000000584. The van der Waals surface area contributed by atoms with E-state index in [4.69, 9.17) is 20.4 Å². The lowest BCUT2D eigenvalue weighted by Crippen LogP contribution is -3.00. The Bertz CT molecular complexity index is 526. The van der Waals surface area contributed by atoms with Gasteiger partial charge in [0.2, 0.25) is 0 Å². The minimum Gasteiger partial charge on any atom is -1.00 e. The van der Waals surface area contributed by atoms with Crippen LogP contribution in [0.2, 0.25) is 0 Å². The van der Waals surface area contributed by atoms with Gasteiger partial charge in [0.1, 0.15) is 7.26 Å². The lowest BCUT2D eigenvalue weighted by Gasteiger charge is -2.17. The predicted molar refractivity (Wildman–Crippen MR) is 114 cm³/mol. The van der Waals surface area contributed by atoms with Crippen LogP contribution in [0.1, 0.15) is 29.9 Å². The molecule has 0 spiro atoms. The second kappa shape index (κ2) is 15.4. The Morgan fingerprint density at radius 2 is 1.07 bits per heavy atom. The van der Waals surface area contributed by atoms with Crippen molar-refractivity contribution in [2.45, 2.75) is 18.8 Å². The molecule has 0 saturated heterocycles. The molecule has 1 atom stereocenters. The van der Waals surface area contributed by atoms with Gasteiger partial charge in [0.25, 0.3) is 0 Å². The largest absolute Gasteiger partial charge is 1.00 e. The van der Waals surface area contributed by atoms with E-state index >= 15 is 0 Å². The molecule has 0 bridgehead atoms. The number of hydrogen-bond donors (Lipinski definition) is 4. The highest BCUT2D eigenvalue weighted by Crippen LogP contribution is 2.54. The lowest BCUT2D eigenvalue weighted by molar-refractivity contribution is -0.00000878. The first-order chi connectivity index (χ1) is 12.7. The maximum Gasteiger partial charge on any atom is 0.161 e. The lowest BCUT2D eigenvalue weighted by atomic mass is 9.88. The van der Waals surface area contributed by atoms with Gasteiger partial charge in [-0.05, 0) is 30.1 Å². The number of halogens is 1. The van der Waals surface area contributed by atoms with Gasteiger partial charge >= 0.3 is 0 Å². The first-order valence-electron chi connectivity index (χ1n) is 8.75. The van der Waals surface area contributed by atoms with Crippen LogP contribution in [-0.2, 0) is 0 Å². The van der Waals surface area contributed by atoms with Crippen LogP contribution in [0.4, 0.5) is 0 Å². The van der Waals surface area contributed by atoms with E-state index in [1.807, 2.05) is 0 Å². The van der Waals surface area contributed by atoms with Crippen molar-refractivity contribution < 1.29 is 32.8 Å². The third-order valence-corrected chi connectivity index (χ3v) is 7.11. The van der Waals surface area contributed by atoms with Gasteiger partial charge in [0.05, 0.1) is 0 Å². The SMILES string of the molecule is OC[P+](CO)(CO)CO.PCCCC(c1ccccc1)c1ccccc1.[Cl-]. The molecule has 7 heteroatoms. The molecule has 0 fully saturated rings. The Kier molecular flexibility index (Phi) is 15.0. The van der Waals surface area contributed by atoms with Gasteiger partial charge in [-0.2, -0.15) is 0 Å². The summed E-state index contributed by atoms with van der Waals surface area (Å²) in [6.07, 6.45) is 2.47. The van der Waals surface area contributed by atoms with E-state index in [2.05, 4.69) is 69.9 Å². The zero-order valence-corrected chi connectivity index (χ0v) is 18.3.